The third kappa shape index (κ3) is 7.59. The van der Waals surface area contributed by atoms with E-state index in [1.54, 1.807) is 32.1 Å². The zero-order valence-electron chi connectivity index (χ0n) is 21.6. The number of nitrogens with zero attached hydrogens (tertiary/aromatic N) is 1. The Balaban J connectivity index is 2.33. The lowest BCUT2D eigenvalue weighted by Gasteiger charge is -2.34. The van der Waals surface area contributed by atoms with E-state index in [2.05, 4.69) is 18.0 Å². The molecule has 2 heterocycles. The number of carbonyl (C=O) groups is 2. The van der Waals surface area contributed by atoms with E-state index in [9.17, 15) is 19.8 Å². The third-order valence-corrected chi connectivity index (χ3v) is 7.83. The van der Waals surface area contributed by atoms with E-state index in [0.717, 1.165) is 35.5 Å². The summed E-state index contributed by atoms with van der Waals surface area (Å²) in [5.74, 6) is -1.49. The summed E-state index contributed by atoms with van der Waals surface area (Å²) >= 11 is 1.56. The Bertz CT molecular complexity index is 916. The number of thiazole rings is 1. The number of hydrogen-bond acceptors (Lipinski definition) is 7. The summed E-state index contributed by atoms with van der Waals surface area (Å²) in [5.41, 5.74) is 1.71. The van der Waals surface area contributed by atoms with Gasteiger partial charge in [-0.15, -0.1) is 11.3 Å². The number of Topliss-reactive ketones (excluding diaryl/α,β-unsaturated/α-hetero) is 1. The fourth-order valence-electron chi connectivity index (χ4n) is 4.40. The normalized spacial score (nSPS) is 32.1. The average Bonchev–Trinajstić information content (AvgIpc) is 3.18. The van der Waals surface area contributed by atoms with Gasteiger partial charge in [-0.2, -0.15) is 0 Å². The van der Waals surface area contributed by atoms with Gasteiger partial charge < -0.3 is 14.9 Å². The molecule has 0 amide bonds. The number of ether oxygens (including phenoxy) is 1. The minimum atomic E-state index is -1.21. The van der Waals surface area contributed by atoms with E-state index in [4.69, 9.17) is 4.74 Å². The molecule has 1 aromatic heterocycles. The number of aromatic nitrogens is 1. The standard InChI is InChI=1S/C27H41NO5S/c1-16-9-8-10-17(2)25(31)19(4)26(32)27(6,7)23(29)14-24(30)33-22(12-11-16)18(3)13-21-15-34-20(5)28-21/h11,13,15,17,19,22-23,25,29,31H,8-10,12,14H2,1-7H3/b16-11-,18-13+. The Morgan fingerprint density at radius 3 is 2.53 bits per heavy atom. The fourth-order valence-corrected chi connectivity index (χ4v) is 4.97. The van der Waals surface area contributed by atoms with Crippen LogP contribution in [0.4, 0.5) is 0 Å². The molecule has 1 aliphatic rings. The van der Waals surface area contributed by atoms with E-state index in [0.29, 0.717) is 6.42 Å². The molecule has 7 heteroatoms. The maximum atomic E-state index is 13.2. The molecule has 0 spiro atoms. The molecule has 34 heavy (non-hydrogen) atoms. The van der Waals surface area contributed by atoms with Gasteiger partial charge in [-0.3, -0.25) is 9.59 Å². The van der Waals surface area contributed by atoms with E-state index in [-0.39, 0.29) is 18.1 Å². The summed E-state index contributed by atoms with van der Waals surface area (Å²) < 4.78 is 5.81. The van der Waals surface area contributed by atoms with Gasteiger partial charge in [0.25, 0.3) is 0 Å². The predicted octanol–water partition coefficient (Wildman–Crippen LogP) is 5.27. The molecule has 5 unspecified atom stereocenters. The second kappa shape index (κ2) is 12.2. The van der Waals surface area contributed by atoms with Crippen LogP contribution in [0.15, 0.2) is 22.6 Å². The molecule has 1 aliphatic heterocycles. The first-order valence-electron chi connectivity index (χ1n) is 12.2. The van der Waals surface area contributed by atoms with E-state index in [1.165, 1.54) is 5.57 Å². The van der Waals surface area contributed by atoms with Gasteiger partial charge in [-0.1, -0.05) is 39.3 Å². The number of allylic oxidation sites excluding steroid dienone is 1. The van der Waals surface area contributed by atoms with Crippen LogP contribution in [-0.4, -0.2) is 45.3 Å². The topological polar surface area (TPSA) is 96.7 Å². The Morgan fingerprint density at radius 1 is 1.24 bits per heavy atom. The van der Waals surface area contributed by atoms with Crippen LogP contribution in [0.3, 0.4) is 0 Å². The van der Waals surface area contributed by atoms with Crippen molar-refractivity contribution in [3.8, 4) is 0 Å². The predicted molar refractivity (Wildman–Crippen MR) is 136 cm³/mol. The molecule has 0 radical (unpaired) electrons. The first-order chi connectivity index (χ1) is 15.8. The SMILES string of the molecule is C/C1=C/CC(/C(C)=C/c2csc(C)n2)OC(=O)CC(O)C(C)(C)C(=O)C(C)C(O)C(C)CCC1. The van der Waals surface area contributed by atoms with Gasteiger partial charge in [0.15, 0.2) is 0 Å². The number of aliphatic hydroxyl groups is 2. The highest BCUT2D eigenvalue weighted by molar-refractivity contribution is 7.09. The van der Waals surface area contributed by atoms with Gasteiger partial charge >= 0.3 is 5.97 Å². The van der Waals surface area contributed by atoms with Crippen molar-refractivity contribution in [3.63, 3.8) is 0 Å². The molecule has 0 aromatic carbocycles. The highest BCUT2D eigenvalue weighted by Crippen LogP contribution is 2.32. The lowest BCUT2D eigenvalue weighted by atomic mass is 9.73. The highest BCUT2D eigenvalue weighted by Gasteiger charge is 2.42. The minimum Gasteiger partial charge on any atom is -0.457 e. The molecule has 0 fully saturated rings. The second-order valence-corrected chi connectivity index (χ2v) is 11.5. The van der Waals surface area contributed by atoms with Gasteiger partial charge in [-0.25, -0.2) is 4.98 Å². The van der Waals surface area contributed by atoms with Crippen molar-refractivity contribution in [1.82, 2.24) is 4.98 Å². The van der Waals surface area contributed by atoms with E-state index in [1.807, 2.05) is 32.2 Å². The first kappa shape index (κ1) is 28.4. The van der Waals surface area contributed by atoms with Crippen molar-refractivity contribution in [1.29, 1.82) is 0 Å². The Hall–Kier alpha value is -1.83. The summed E-state index contributed by atoms with van der Waals surface area (Å²) in [4.78, 5) is 30.5. The van der Waals surface area contributed by atoms with Crippen LogP contribution in [0.25, 0.3) is 6.08 Å². The zero-order valence-corrected chi connectivity index (χ0v) is 22.4. The lowest BCUT2D eigenvalue weighted by Crippen LogP contribution is -2.45. The molecule has 0 saturated carbocycles. The van der Waals surface area contributed by atoms with Gasteiger partial charge in [0.2, 0.25) is 0 Å². The van der Waals surface area contributed by atoms with Crippen LogP contribution in [0.2, 0.25) is 0 Å². The summed E-state index contributed by atoms with van der Waals surface area (Å²) in [5, 5.41) is 24.5. The number of rotatable bonds is 2. The molecule has 5 atom stereocenters. The maximum absolute atomic E-state index is 13.2. The molecule has 190 valence electrons. The van der Waals surface area contributed by atoms with Gasteiger partial charge in [0, 0.05) is 17.7 Å². The molecule has 0 bridgehead atoms. The monoisotopic (exact) mass is 491 g/mol. The number of carbonyl (C=O) groups excluding carboxylic acids is 2. The van der Waals surface area contributed by atoms with Crippen molar-refractivity contribution in [2.75, 3.05) is 0 Å². The first-order valence-corrected chi connectivity index (χ1v) is 13.1. The van der Waals surface area contributed by atoms with Gasteiger partial charge in [-0.05, 0) is 57.6 Å². The van der Waals surface area contributed by atoms with Crippen LogP contribution in [0, 0.1) is 24.2 Å². The van der Waals surface area contributed by atoms with E-state index < -0.39 is 35.6 Å². The molecular formula is C27H41NO5S. The number of hydrogen-bond donors (Lipinski definition) is 2. The Labute approximate surface area is 208 Å². The summed E-state index contributed by atoms with van der Waals surface area (Å²) in [6.07, 6.45) is 4.33. The molecule has 0 saturated heterocycles. The molecule has 2 rings (SSSR count). The summed E-state index contributed by atoms with van der Waals surface area (Å²) in [7, 11) is 0. The van der Waals surface area contributed by atoms with Crippen LogP contribution >= 0.6 is 11.3 Å². The van der Waals surface area contributed by atoms with Crippen LogP contribution in [0.5, 0.6) is 0 Å². The average molecular weight is 492 g/mol. The number of aryl methyl sites for hydroxylation is 1. The third-order valence-electron chi connectivity index (χ3n) is 7.04. The molecule has 1 aromatic rings. The number of cyclic esters (lactones) is 1. The van der Waals surface area contributed by atoms with Crippen molar-refractivity contribution in [2.45, 2.75) is 98.9 Å². The van der Waals surface area contributed by atoms with Crippen molar-refractivity contribution < 1.29 is 24.5 Å². The van der Waals surface area contributed by atoms with Crippen molar-refractivity contribution >= 4 is 29.2 Å². The summed E-state index contributed by atoms with van der Waals surface area (Å²) in [6.45, 7) is 12.8. The van der Waals surface area contributed by atoms with Crippen LogP contribution in [0.1, 0.15) is 84.3 Å². The maximum Gasteiger partial charge on any atom is 0.309 e. The van der Waals surface area contributed by atoms with Crippen molar-refractivity contribution in [2.24, 2.45) is 17.3 Å². The van der Waals surface area contributed by atoms with Gasteiger partial charge in [0.05, 0.1) is 34.7 Å². The quantitative estimate of drug-likeness (QED) is 0.432. The van der Waals surface area contributed by atoms with Gasteiger partial charge in [0.1, 0.15) is 11.9 Å². The zero-order chi connectivity index (χ0) is 25.6. The summed E-state index contributed by atoms with van der Waals surface area (Å²) in [6, 6.07) is 0. The highest BCUT2D eigenvalue weighted by atomic mass is 32.1. The van der Waals surface area contributed by atoms with Crippen LogP contribution in [-0.2, 0) is 14.3 Å². The molecule has 2 N–H and O–H groups in total. The van der Waals surface area contributed by atoms with E-state index >= 15 is 0 Å². The van der Waals surface area contributed by atoms with Crippen LogP contribution < -0.4 is 0 Å². The second-order valence-electron chi connectivity index (χ2n) is 10.4. The number of esters is 1. The lowest BCUT2D eigenvalue weighted by molar-refractivity contribution is -0.154. The fraction of sp³-hybridized carbons (Fsp3) is 0.667. The molecular weight excluding hydrogens is 450 g/mol. The minimum absolute atomic E-state index is 0.0444. The number of aliphatic hydroxyl groups excluding tert-OH is 2. The molecule has 0 aliphatic carbocycles. The Kier molecular flexibility index (Phi) is 10.2. The Morgan fingerprint density at radius 2 is 1.91 bits per heavy atom. The smallest absolute Gasteiger partial charge is 0.309 e. The molecule has 6 nitrogen and oxygen atoms in total. The van der Waals surface area contributed by atoms with Crippen molar-refractivity contribution in [3.05, 3.63) is 33.3 Å². The largest absolute Gasteiger partial charge is 0.457 e. The number of ketones is 1.